The molecular formula is C20H22N4O3. The number of nitrogens with zero attached hydrogens (tertiary/aromatic N) is 4. The Balaban J connectivity index is 1.56. The highest BCUT2D eigenvalue weighted by atomic mass is 16.5. The Kier molecular flexibility index (Phi) is 4.43. The van der Waals surface area contributed by atoms with Crippen LogP contribution in [0.4, 0.5) is 0 Å². The van der Waals surface area contributed by atoms with Crippen molar-refractivity contribution in [2.45, 2.75) is 12.3 Å². The molecular weight excluding hydrogens is 344 g/mol. The molecule has 2 heterocycles. The predicted octanol–water partition coefficient (Wildman–Crippen LogP) is 2.62. The lowest BCUT2D eigenvalue weighted by atomic mass is 9.97. The first kappa shape index (κ1) is 17.3. The number of benzene rings is 2. The third-order valence-electron chi connectivity index (χ3n) is 5.21. The van der Waals surface area contributed by atoms with Crippen LogP contribution in [-0.2, 0) is 7.05 Å². The fraction of sp³-hybridized carbons (Fsp3) is 0.350. The fourth-order valence-corrected chi connectivity index (χ4v) is 3.71. The van der Waals surface area contributed by atoms with Crippen LogP contribution in [0.1, 0.15) is 28.3 Å². The normalized spacial score (nSPS) is 16.7. The van der Waals surface area contributed by atoms with Gasteiger partial charge in [0.1, 0.15) is 17.0 Å². The lowest BCUT2D eigenvalue weighted by Crippen LogP contribution is -2.28. The van der Waals surface area contributed by atoms with Gasteiger partial charge >= 0.3 is 0 Å². The van der Waals surface area contributed by atoms with E-state index in [0.717, 1.165) is 34.5 Å². The second kappa shape index (κ2) is 6.90. The first-order valence-electron chi connectivity index (χ1n) is 8.91. The van der Waals surface area contributed by atoms with Gasteiger partial charge < -0.3 is 14.4 Å². The number of rotatable bonds is 4. The molecule has 0 saturated carbocycles. The summed E-state index contributed by atoms with van der Waals surface area (Å²) in [6, 6.07) is 11.3. The minimum atomic E-state index is 0.0203. The third-order valence-corrected chi connectivity index (χ3v) is 5.21. The molecule has 7 heteroatoms. The van der Waals surface area contributed by atoms with E-state index in [1.54, 1.807) is 18.9 Å². The number of hydrogen-bond acceptors (Lipinski definition) is 5. The highest BCUT2D eigenvalue weighted by Crippen LogP contribution is 2.36. The number of fused-ring (bicyclic) bond motifs is 1. The second-order valence-electron chi connectivity index (χ2n) is 6.76. The Bertz CT molecular complexity index is 998. The van der Waals surface area contributed by atoms with Crippen molar-refractivity contribution in [2.24, 2.45) is 7.05 Å². The van der Waals surface area contributed by atoms with Crippen LogP contribution in [0.3, 0.4) is 0 Å². The molecule has 4 rings (SSSR count). The molecule has 27 heavy (non-hydrogen) atoms. The summed E-state index contributed by atoms with van der Waals surface area (Å²) in [6.45, 7) is 1.36. The number of ether oxygens (including phenoxy) is 2. The van der Waals surface area contributed by atoms with Crippen LogP contribution in [0.2, 0.25) is 0 Å². The summed E-state index contributed by atoms with van der Waals surface area (Å²) in [7, 11) is 5.15. The van der Waals surface area contributed by atoms with Crippen LogP contribution in [0.15, 0.2) is 36.4 Å². The molecule has 1 aliphatic rings. The Morgan fingerprint density at radius 3 is 2.78 bits per heavy atom. The van der Waals surface area contributed by atoms with Crippen molar-refractivity contribution in [3.8, 4) is 11.5 Å². The quantitative estimate of drug-likeness (QED) is 0.710. The van der Waals surface area contributed by atoms with Crippen LogP contribution >= 0.6 is 0 Å². The monoisotopic (exact) mass is 366 g/mol. The van der Waals surface area contributed by atoms with Gasteiger partial charge in [-0.3, -0.25) is 4.79 Å². The molecule has 0 bridgehead atoms. The Labute approximate surface area is 157 Å². The van der Waals surface area contributed by atoms with Gasteiger partial charge in [-0.1, -0.05) is 5.21 Å². The van der Waals surface area contributed by atoms with Crippen LogP contribution in [0.5, 0.6) is 11.5 Å². The van der Waals surface area contributed by atoms with Crippen molar-refractivity contribution in [3.05, 3.63) is 47.5 Å². The van der Waals surface area contributed by atoms with E-state index in [1.165, 1.54) is 0 Å². The lowest BCUT2D eigenvalue weighted by Gasteiger charge is -2.18. The standard InChI is InChI=1S/C20H22N4O3/c1-23-18-6-4-13(10-17(18)21-22-23)20(25)24-9-8-14(12-24)16-11-15(26-2)5-7-19(16)27-3/h4-7,10-11,14H,8-9,12H2,1-3H3. The molecule has 0 spiro atoms. The molecule has 3 aromatic rings. The van der Waals surface area contributed by atoms with E-state index in [4.69, 9.17) is 9.47 Å². The molecule has 1 unspecified atom stereocenters. The van der Waals surface area contributed by atoms with Crippen LogP contribution in [-0.4, -0.2) is 53.1 Å². The molecule has 7 nitrogen and oxygen atoms in total. The minimum absolute atomic E-state index is 0.0203. The number of carbonyl (C=O) groups excluding carboxylic acids is 1. The van der Waals surface area contributed by atoms with Gasteiger partial charge in [-0.15, -0.1) is 5.10 Å². The summed E-state index contributed by atoms with van der Waals surface area (Å²) in [4.78, 5) is 14.9. The van der Waals surface area contributed by atoms with Gasteiger partial charge in [-0.25, -0.2) is 4.68 Å². The summed E-state index contributed by atoms with van der Waals surface area (Å²) in [6.07, 6.45) is 0.892. The summed E-state index contributed by atoms with van der Waals surface area (Å²) in [5.74, 6) is 1.87. The lowest BCUT2D eigenvalue weighted by molar-refractivity contribution is 0.0791. The summed E-state index contributed by atoms with van der Waals surface area (Å²) < 4.78 is 12.6. The molecule has 2 aromatic carbocycles. The largest absolute Gasteiger partial charge is 0.497 e. The topological polar surface area (TPSA) is 69.5 Å². The summed E-state index contributed by atoms with van der Waals surface area (Å²) >= 11 is 0. The van der Waals surface area contributed by atoms with Gasteiger partial charge in [0.05, 0.1) is 19.7 Å². The number of hydrogen-bond donors (Lipinski definition) is 0. The number of carbonyl (C=O) groups is 1. The van der Waals surface area contributed by atoms with E-state index < -0.39 is 0 Å². The van der Waals surface area contributed by atoms with Crippen molar-refractivity contribution in [1.29, 1.82) is 0 Å². The van der Waals surface area contributed by atoms with Crippen LogP contribution in [0, 0.1) is 0 Å². The van der Waals surface area contributed by atoms with Crippen molar-refractivity contribution in [2.75, 3.05) is 27.3 Å². The van der Waals surface area contributed by atoms with Crippen LogP contribution in [0.25, 0.3) is 11.0 Å². The van der Waals surface area contributed by atoms with Gasteiger partial charge in [0, 0.05) is 37.2 Å². The minimum Gasteiger partial charge on any atom is -0.497 e. The highest BCUT2D eigenvalue weighted by molar-refractivity contribution is 5.97. The number of methoxy groups -OCH3 is 2. The maximum absolute atomic E-state index is 13.0. The third kappa shape index (κ3) is 3.09. The van der Waals surface area contributed by atoms with Gasteiger partial charge in [0.25, 0.3) is 5.91 Å². The first-order chi connectivity index (χ1) is 13.1. The maximum atomic E-state index is 13.0. The zero-order valence-corrected chi connectivity index (χ0v) is 15.7. The molecule has 0 radical (unpaired) electrons. The van der Waals surface area contributed by atoms with Crippen LogP contribution < -0.4 is 9.47 Å². The molecule has 1 saturated heterocycles. The molecule has 140 valence electrons. The van der Waals surface area contributed by atoms with E-state index in [9.17, 15) is 4.79 Å². The zero-order valence-electron chi connectivity index (χ0n) is 15.7. The van der Waals surface area contributed by atoms with E-state index in [-0.39, 0.29) is 11.8 Å². The first-order valence-corrected chi connectivity index (χ1v) is 8.91. The Hall–Kier alpha value is -3.09. The molecule has 1 atom stereocenters. The van der Waals surface area contributed by atoms with Gasteiger partial charge in [0.2, 0.25) is 0 Å². The van der Waals surface area contributed by atoms with Crippen molar-refractivity contribution >= 4 is 16.9 Å². The number of amides is 1. The molecule has 0 aliphatic carbocycles. The van der Waals surface area contributed by atoms with Crippen molar-refractivity contribution < 1.29 is 14.3 Å². The Morgan fingerprint density at radius 1 is 1.15 bits per heavy atom. The second-order valence-corrected chi connectivity index (χ2v) is 6.76. The molecule has 0 N–H and O–H groups in total. The van der Waals surface area contributed by atoms with E-state index in [0.29, 0.717) is 18.7 Å². The van der Waals surface area contributed by atoms with E-state index >= 15 is 0 Å². The number of aryl methyl sites for hydroxylation is 1. The summed E-state index contributed by atoms with van der Waals surface area (Å²) in [5, 5.41) is 8.10. The molecule has 1 aromatic heterocycles. The SMILES string of the molecule is COc1ccc(OC)c(C2CCN(C(=O)c3ccc4c(c3)nnn4C)C2)c1. The van der Waals surface area contributed by atoms with Crippen molar-refractivity contribution in [3.63, 3.8) is 0 Å². The molecule has 1 fully saturated rings. The Morgan fingerprint density at radius 2 is 2.00 bits per heavy atom. The fourth-order valence-electron chi connectivity index (χ4n) is 3.71. The highest BCUT2D eigenvalue weighted by Gasteiger charge is 2.30. The zero-order chi connectivity index (χ0) is 19.0. The predicted molar refractivity (Wildman–Crippen MR) is 101 cm³/mol. The number of likely N-dealkylation sites (tertiary alicyclic amines) is 1. The van der Waals surface area contributed by atoms with E-state index in [1.807, 2.05) is 48.3 Å². The smallest absolute Gasteiger partial charge is 0.253 e. The number of aromatic nitrogens is 3. The summed E-state index contributed by atoms with van der Waals surface area (Å²) in [5.41, 5.74) is 3.36. The maximum Gasteiger partial charge on any atom is 0.253 e. The van der Waals surface area contributed by atoms with Crippen molar-refractivity contribution in [1.82, 2.24) is 19.9 Å². The van der Waals surface area contributed by atoms with Gasteiger partial charge in [-0.05, 0) is 42.8 Å². The average Bonchev–Trinajstić information content (AvgIpc) is 3.34. The molecule has 1 aliphatic heterocycles. The van der Waals surface area contributed by atoms with Gasteiger partial charge in [-0.2, -0.15) is 0 Å². The van der Waals surface area contributed by atoms with Gasteiger partial charge in [0.15, 0.2) is 0 Å². The molecule has 1 amide bonds. The average molecular weight is 366 g/mol. The van der Waals surface area contributed by atoms with E-state index in [2.05, 4.69) is 10.3 Å².